The number of thiazole rings is 1. The van der Waals surface area contributed by atoms with Crippen LogP contribution in [-0.4, -0.2) is 22.1 Å². The molecule has 0 saturated carbocycles. The van der Waals surface area contributed by atoms with E-state index in [-0.39, 0.29) is 17.1 Å². The number of benzene rings is 2. The first kappa shape index (κ1) is 19.0. The van der Waals surface area contributed by atoms with Crippen molar-refractivity contribution in [1.29, 1.82) is 5.26 Å². The second-order valence-electron chi connectivity index (χ2n) is 5.56. The number of aromatic nitrogens is 1. The van der Waals surface area contributed by atoms with Crippen molar-refractivity contribution in [3.05, 3.63) is 68.3 Å². The second kappa shape index (κ2) is 7.85. The van der Waals surface area contributed by atoms with E-state index in [0.717, 1.165) is 6.07 Å². The molecular formula is C19H12FN3O4S. The van der Waals surface area contributed by atoms with Gasteiger partial charge in [-0.05, 0) is 42.0 Å². The van der Waals surface area contributed by atoms with Crippen molar-refractivity contribution in [2.75, 3.05) is 7.11 Å². The van der Waals surface area contributed by atoms with Gasteiger partial charge in [0, 0.05) is 17.0 Å². The monoisotopic (exact) mass is 397 g/mol. The van der Waals surface area contributed by atoms with Gasteiger partial charge in [0.05, 0.1) is 23.3 Å². The quantitative estimate of drug-likeness (QED) is 0.382. The van der Waals surface area contributed by atoms with Gasteiger partial charge in [-0.3, -0.25) is 10.1 Å². The first-order valence-electron chi connectivity index (χ1n) is 7.82. The summed E-state index contributed by atoms with van der Waals surface area (Å²) < 4.78 is 18.0. The number of rotatable bonds is 5. The summed E-state index contributed by atoms with van der Waals surface area (Å²) in [6.07, 6.45) is 1.42. The molecule has 0 aliphatic carbocycles. The zero-order valence-corrected chi connectivity index (χ0v) is 15.2. The normalized spacial score (nSPS) is 11.1. The van der Waals surface area contributed by atoms with Crippen LogP contribution < -0.4 is 4.74 Å². The van der Waals surface area contributed by atoms with Crippen molar-refractivity contribution >= 4 is 28.7 Å². The molecule has 1 N–H and O–H groups in total. The molecule has 0 aliphatic rings. The lowest BCUT2D eigenvalue weighted by Gasteiger charge is -2.05. The van der Waals surface area contributed by atoms with Crippen molar-refractivity contribution in [3.8, 4) is 28.8 Å². The Kier molecular flexibility index (Phi) is 5.33. The molecule has 0 fully saturated rings. The van der Waals surface area contributed by atoms with Gasteiger partial charge < -0.3 is 9.84 Å². The molecule has 0 atom stereocenters. The van der Waals surface area contributed by atoms with Crippen molar-refractivity contribution < 1.29 is 19.2 Å². The number of phenols is 1. The third-order valence-corrected chi connectivity index (χ3v) is 4.68. The average molecular weight is 397 g/mol. The van der Waals surface area contributed by atoms with E-state index in [4.69, 9.17) is 4.74 Å². The number of methoxy groups -OCH3 is 1. The maximum Gasteiger partial charge on any atom is 0.315 e. The Morgan fingerprint density at radius 2 is 2.11 bits per heavy atom. The lowest BCUT2D eigenvalue weighted by molar-refractivity contribution is -0.386. The maximum absolute atomic E-state index is 13.1. The predicted octanol–water partition coefficient (Wildman–Crippen LogP) is 4.64. The highest BCUT2D eigenvalue weighted by Crippen LogP contribution is 2.38. The Labute approximate surface area is 162 Å². The highest BCUT2D eigenvalue weighted by molar-refractivity contribution is 7.11. The van der Waals surface area contributed by atoms with E-state index in [1.54, 1.807) is 17.5 Å². The fourth-order valence-electron chi connectivity index (χ4n) is 2.45. The molecule has 0 aliphatic heterocycles. The number of halogens is 1. The van der Waals surface area contributed by atoms with Crippen LogP contribution in [0.2, 0.25) is 0 Å². The van der Waals surface area contributed by atoms with E-state index in [0.29, 0.717) is 21.8 Å². The smallest absolute Gasteiger partial charge is 0.315 e. The van der Waals surface area contributed by atoms with E-state index in [1.807, 2.05) is 6.07 Å². The largest absolute Gasteiger partial charge is 0.500 e. The Bertz CT molecular complexity index is 1120. The lowest BCUT2D eigenvalue weighted by Crippen LogP contribution is -1.93. The van der Waals surface area contributed by atoms with Crippen LogP contribution >= 0.6 is 11.3 Å². The third-order valence-electron chi connectivity index (χ3n) is 3.80. The first-order valence-corrected chi connectivity index (χ1v) is 8.70. The van der Waals surface area contributed by atoms with Crippen LogP contribution in [0.25, 0.3) is 22.9 Å². The van der Waals surface area contributed by atoms with Crippen LogP contribution in [0.1, 0.15) is 10.6 Å². The number of nitrogens with zero attached hydrogens (tertiary/aromatic N) is 3. The maximum atomic E-state index is 13.1. The Hall–Kier alpha value is -3.77. The molecule has 0 radical (unpaired) electrons. The SMILES string of the molecule is COc1cc(C=C(C#N)c2nc(-c3ccc(F)cc3)cs2)cc([N+](=O)[O-])c1O. The number of nitriles is 1. The minimum absolute atomic E-state index is 0.0797. The number of phenolic OH excluding ortho intramolecular Hbond substituents is 1. The van der Waals surface area contributed by atoms with Gasteiger partial charge in [0.15, 0.2) is 5.75 Å². The molecule has 0 spiro atoms. The molecule has 0 unspecified atom stereocenters. The predicted molar refractivity (Wildman–Crippen MR) is 102 cm³/mol. The van der Waals surface area contributed by atoms with Gasteiger partial charge in [-0.15, -0.1) is 11.3 Å². The molecule has 0 amide bonds. The van der Waals surface area contributed by atoms with Crippen LogP contribution in [0.4, 0.5) is 10.1 Å². The molecule has 2 aromatic carbocycles. The highest BCUT2D eigenvalue weighted by Gasteiger charge is 2.20. The molecule has 28 heavy (non-hydrogen) atoms. The van der Waals surface area contributed by atoms with Gasteiger partial charge in [0.1, 0.15) is 16.9 Å². The minimum atomic E-state index is -0.739. The van der Waals surface area contributed by atoms with Gasteiger partial charge in [0.2, 0.25) is 5.75 Å². The molecule has 1 heterocycles. The van der Waals surface area contributed by atoms with Crippen LogP contribution in [-0.2, 0) is 0 Å². The summed E-state index contributed by atoms with van der Waals surface area (Å²) in [5.74, 6) is -1.03. The van der Waals surface area contributed by atoms with Crippen molar-refractivity contribution in [2.24, 2.45) is 0 Å². The summed E-state index contributed by atoms with van der Waals surface area (Å²) in [7, 11) is 1.27. The van der Waals surface area contributed by atoms with Crippen LogP contribution in [0.5, 0.6) is 11.5 Å². The van der Waals surface area contributed by atoms with Gasteiger partial charge >= 0.3 is 5.69 Å². The van der Waals surface area contributed by atoms with Crippen molar-refractivity contribution in [2.45, 2.75) is 0 Å². The molecular weight excluding hydrogens is 385 g/mol. The molecule has 140 valence electrons. The minimum Gasteiger partial charge on any atom is -0.500 e. The van der Waals surface area contributed by atoms with E-state index >= 15 is 0 Å². The molecule has 0 saturated heterocycles. The Morgan fingerprint density at radius 1 is 1.39 bits per heavy atom. The number of nitro groups is 1. The van der Waals surface area contributed by atoms with Gasteiger partial charge in [-0.2, -0.15) is 5.26 Å². The van der Waals surface area contributed by atoms with Gasteiger partial charge in [-0.1, -0.05) is 0 Å². The fraction of sp³-hybridized carbons (Fsp3) is 0.0526. The number of nitro benzene ring substituents is 1. The van der Waals surface area contributed by atoms with E-state index in [9.17, 15) is 24.9 Å². The zero-order chi connectivity index (χ0) is 20.3. The Balaban J connectivity index is 2.02. The summed E-state index contributed by atoms with van der Waals surface area (Å²) in [6.45, 7) is 0. The summed E-state index contributed by atoms with van der Waals surface area (Å²) in [5.41, 5.74) is 1.23. The zero-order valence-electron chi connectivity index (χ0n) is 14.4. The molecule has 7 nitrogen and oxygen atoms in total. The number of hydrogen-bond donors (Lipinski definition) is 1. The second-order valence-corrected chi connectivity index (χ2v) is 6.42. The molecule has 0 bridgehead atoms. The van der Waals surface area contributed by atoms with Crippen LogP contribution in [0.15, 0.2) is 41.8 Å². The average Bonchev–Trinajstić information content (AvgIpc) is 3.17. The van der Waals surface area contributed by atoms with Crippen molar-refractivity contribution in [3.63, 3.8) is 0 Å². The summed E-state index contributed by atoms with van der Waals surface area (Å²) in [5, 5.41) is 32.6. The standard InChI is InChI=1S/C19H12FN3O4S/c1-27-17-8-11(7-16(18(17)24)23(25)26)6-13(9-21)19-22-15(10-28-19)12-2-4-14(20)5-3-12/h2-8,10,24H,1H3. The molecule has 1 aromatic heterocycles. The number of aromatic hydroxyl groups is 1. The van der Waals surface area contributed by atoms with E-state index in [2.05, 4.69) is 4.98 Å². The summed E-state index contributed by atoms with van der Waals surface area (Å²) >= 11 is 1.21. The number of hydrogen-bond acceptors (Lipinski definition) is 7. The highest BCUT2D eigenvalue weighted by atomic mass is 32.1. The summed E-state index contributed by atoms with van der Waals surface area (Å²) in [4.78, 5) is 14.8. The lowest BCUT2D eigenvalue weighted by atomic mass is 10.1. The van der Waals surface area contributed by atoms with Crippen LogP contribution in [0, 0.1) is 27.3 Å². The topological polar surface area (TPSA) is 109 Å². The molecule has 3 rings (SSSR count). The van der Waals surface area contributed by atoms with E-state index in [1.165, 1.54) is 42.7 Å². The third kappa shape index (κ3) is 3.82. The van der Waals surface area contributed by atoms with Gasteiger partial charge in [-0.25, -0.2) is 9.37 Å². The fourth-order valence-corrected chi connectivity index (χ4v) is 3.25. The first-order chi connectivity index (χ1) is 13.4. The molecule has 3 aromatic rings. The van der Waals surface area contributed by atoms with E-state index < -0.39 is 16.4 Å². The molecule has 9 heteroatoms. The van der Waals surface area contributed by atoms with Gasteiger partial charge in [0.25, 0.3) is 0 Å². The Morgan fingerprint density at radius 3 is 2.71 bits per heavy atom. The number of ether oxygens (including phenoxy) is 1. The number of allylic oxidation sites excluding steroid dienone is 1. The van der Waals surface area contributed by atoms with Crippen LogP contribution in [0.3, 0.4) is 0 Å². The summed E-state index contributed by atoms with van der Waals surface area (Å²) in [6, 6.07) is 10.3. The van der Waals surface area contributed by atoms with Crippen molar-refractivity contribution in [1.82, 2.24) is 4.98 Å².